The number of hydrogen-bond acceptors (Lipinski definition) is 4. The number of aliphatic carboxylic acids is 1. The van der Waals surface area contributed by atoms with Crippen molar-refractivity contribution in [2.24, 2.45) is 0 Å². The third-order valence-corrected chi connectivity index (χ3v) is 6.03. The minimum Gasteiger partial charge on any atom is -0.493 e. The maximum atomic E-state index is 11.6. The molecule has 33 heavy (non-hydrogen) atoms. The van der Waals surface area contributed by atoms with Crippen LogP contribution in [0.4, 0.5) is 0 Å². The minimum absolute atomic E-state index is 0.0213. The fraction of sp³-hybridized carbons (Fsp3) is 0.481. The second kappa shape index (κ2) is 12.3. The summed E-state index contributed by atoms with van der Waals surface area (Å²) in [6.07, 6.45) is 10.6. The van der Waals surface area contributed by atoms with E-state index in [9.17, 15) is 14.7 Å². The highest BCUT2D eigenvalue weighted by atomic mass is 16.5. The summed E-state index contributed by atoms with van der Waals surface area (Å²) in [5.74, 6) is -0.325. The second-order valence-corrected chi connectivity index (χ2v) is 8.66. The Labute approximate surface area is 195 Å². The Morgan fingerprint density at radius 3 is 2.39 bits per heavy atom. The van der Waals surface area contributed by atoms with Crippen molar-refractivity contribution in [2.45, 2.75) is 77.6 Å². The number of ether oxygens (including phenoxy) is 2. The highest BCUT2D eigenvalue weighted by Gasteiger charge is 2.24. The van der Waals surface area contributed by atoms with Crippen molar-refractivity contribution in [3.63, 3.8) is 0 Å². The van der Waals surface area contributed by atoms with Crippen LogP contribution in [0.2, 0.25) is 0 Å². The van der Waals surface area contributed by atoms with Crippen LogP contribution in [0, 0.1) is 0 Å². The van der Waals surface area contributed by atoms with E-state index in [0.29, 0.717) is 36.7 Å². The van der Waals surface area contributed by atoms with Gasteiger partial charge in [-0.1, -0.05) is 64.0 Å². The average Bonchev–Trinajstić information content (AvgIpc) is 2.79. The van der Waals surface area contributed by atoms with Crippen LogP contribution >= 0.6 is 0 Å². The number of benzene rings is 2. The van der Waals surface area contributed by atoms with Crippen LogP contribution in [-0.2, 0) is 17.6 Å². The molecule has 2 aromatic rings. The predicted molar refractivity (Wildman–Crippen MR) is 127 cm³/mol. The van der Waals surface area contributed by atoms with Crippen molar-refractivity contribution in [2.75, 3.05) is 6.61 Å². The molecule has 0 unspecified atom stereocenters. The Bertz CT molecular complexity index is 965. The summed E-state index contributed by atoms with van der Waals surface area (Å²) in [5.41, 5.74) is 2.69. The molecule has 3 rings (SSSR count). The Hall–Kier alpha value is -3.02. The highest BCUT2D eigenvalue weighted by molar-refractivity contribution is 5.92. The third kappa shape index (κ3) is 6.98. The first kappa shape index (κ1) is 24.6. The van der Waals surface area contributed by atoms with Crippen molar-refractivity contribution < 1.29 is 29.3 Å². The molecular weight excluding hydrogens is 420 g/mol. The quantitative estimate of drug-likeness (QED) is 0.266. The van der Waals surface area contributed by atoms with Crippen LogP contribution in [0.15, 0.2) is 30.3 Å². The summed E-state index contributed by atoms with van der Waals surface area (Å²) in [5, 5.41) is 18.6. The van der Waals surface area contributed by atoms with Gasteiger partial charge in [-0.2, -0.15) is 0 Å². The van der Waals surface area contributed by atoms with Gasteiger partial charge in [-0.15, -0.1) is 0 Å². The molecule has 0 aromatic heterocycles. The molecule has 1 heterocycles. The molecule has 6 heteroatoms. The number of hydrogen-bond donors (Lipinski definition) is 2. The van der Waals surface area contributed by atoms with E-state index in [1.54, 1.807) is 12.1 Å². The number of carboxylic acids is 2. The monoisotopic (exact) mass is 454 g/mol. The molecule has 6 nitrogen and oxygen atoms in total. The van der Waals surface area contributed by atoms with E-state index in [0.717, 1.165) is 29.5 Å². The van der Waals surface area contributed by atoms with E-state index >= 15 is 0 Å². The van der Waals surface area contributed by atoms with Crippen LogP contribution in [0.3, 0.4) is 0 Å². The molecule has 0 saturated carbocycles. The van der Waals surface area contributed by atoms with Gasteiger partial charge in [0.2, 0.25) is 0 Å². The molecule has 0 amide bonds. The number of unbranched alkanes of at least 4 members (excludes halogenated alkanes) is 7. The number of carboxylic acid groups (broad SMARTS) is 2. The molecular formula is C27H34O6. The molecule has 0 saturated heterocycles. The predicted octanol–water partition coefficient (Wildman–Crippen LogP) is 6.62. The molecule has 1 aliphatic heterocycles. The van der Waals surface area contributed by atoms with Gasteiger partial charge in [0.1, 0.15) is 22.8 Å². The summed E-state index contributed by atoms with van der Waals surface area (Å²) in [6, 6.07) is 8.83. The smallest absolute Gasteiger partial charge is 0.339 e. The number of carbonyl (C=O) groups is 2. The number of aromatic carboxylic acids is 1. The topological polar surface area (TPSA) is 93.1 Å². The van der Waals surface area contributed by atoms with Gasteiger partial charge in [-0.25, -0.2) is 4.79 Å². The van der Waals surface area contributed by atoms with Crippen LogP contribution in [0.5, 0.6) is 17.2 Å². The first-order valence-electron chi connectivity index (χ1n) is 12.0. The zero-order chi connectivity index (χ0) is 23.6. The Morgan fingerprint density at radius 1 is 0.970 bits per heavy atom. The molecule has 0 spiro atoms. The molecule has 0 atom stereocenters. The van der Waals surface area contributed by atoms with Crippen molar-refractivity contribution in [3.05, 3.63) is 52.6 Å². The van der Waals surface area contributed by atoms with Crippen molar-refractivity contribution in [3.8, 4) is 17.2 Å². The van der Waals surface area contributed by atoms with Crippen LogP contribution in [-0.4, -0.2) is 28.8 Å². The standard InChI is InChI=1S/C27H34O6/c1-2-3-4-5-6-7-8-9-15-32-23-18-24-21(16-19(23)13-14-25(28)29)17-20-11-10-12-22(27(30)31)26(20)33-24/h10-12,16,18H,2-9,13-15,17H2,1H3,(H,28,29)(H,30,31). The van der Waals surface area contributed by atoms with Gasteiger partial charge >= 0.3 is 11.9 Å². The van der Waals surface area contributed by atoms with Crippen LogP contribution in [0.25, 0.3) is 0 Å². The normalized spacial score (nSPS) is 11.9. The van der Waals surface area contributed by atoms with Gasteiger partial charge in [0.05, 0.1) is 6.61 Å². The molecule has 2 aromatic carbocycles. The first-order chi connectivity index (χ1) is 16.0. The minimum atomic E-state index is -1.03. The lowest BCUT2D eigenvalue weighted by atomic mass is 9.95. The van der Waals surface area contributed by atoms with E-state index in [2.05, 4.69) is 6.92 Å². The lowest BCUT2D eigenvalue weighted by Gasteiger charge is -2.24. The molecule has 0 bridgehead atoms. The summed E-state index contributed by atoms with van der Waals surface area (Å²) < 4.78 is 12.1. The maximum absolute atomic E-state index is 11.6. The van der Waals surface area contributed by atoms with Crippen molar-refractivity contribution in [1.82, 2.24) is 0 Å². The van der Waals surface area contributed by atoms with E-state index in [-0.39, 0.29) is 12.0 Å². The fourth-order valence-corrected chi connectivity index (χ4v) is 4.21. The molecule has 0 radical (unpaired) electrons. The maximum Gasteiger partial charge on any atom is 0.339 e. The Kier molecular flexibility index (Phi) is 9.16. The van der Waals surface area contributed by atoms with Crippen LogP contribution < -0.4 is 9.47 Å². The van der Waals surface area contributed by atoms with Gasteiger partial charge in [-0.05, 0) is 36.1 Å². The van der Waals surface area contributed by atoms with Crippen molar-refractivity contribution in [1.29, 1.82) is 0 Å². The van der Waals surface area contributed by atoms with E-state index in [1.165, 1.54) is 44.6 Å². The zero-order valence-electron chi connectivity index (χ0n) is 19.4. The molecule has 0 aliphatic carbocycles. The number of para-hydroxylation sites is 1. The SMILES string of the molecule is CCCCCCCCCCOc1cc2c(cc1CCC(=O)O)Cc1cccc(C(=O)O)c1O2. The zero-order valence-corrected chi connectivity index (χ0v) is 19.4. The number of aryl methyl sites for hydroxylation is 1. The van der Waals surface area contributed by atoms with E-state index < -0.39 is 11.9 Å². The van der Waals surface area contributed by atoms with E-state index in [4.69, 9.17) is 14.6 Å². The fourth-order valence-electron chi connectivity index (χ4n) is 4.21. The summed E-state index contributed by atoms with van der Waals surface area (Å²) in [6.45, 7) is 2.78. The van der Waals surface area contributed by atoms with Crippen molar-refractivity contribution >= 4 is 11.9 Å². The summed E-state index contributed by atoms with van der Waals surface area (Å²) >= 11 is 0. The highest BCUT2D eigenvalue weighted by Crippen LogP contribution is 2.42. The first-order valence-corrected chi connectivity index (χ1v) is 12.0. The molecule has 2 N–H and O–H groups in total. The lowest BCUT2D eigenvalue weighted by Crippen LogP contribution is -2.10. The largest absolute Gasteiger partial charge is 0.493 e. The summed E-state index contributed by atoms with van der Waals surface area (Å²) in [7, 11) is 0. The van der Waals surface area contributed by atoms with Crippen LogP contribution in [0.1, 0.15) is 91.8 Å². The van der Waals surface area contributed by atoms with Gasteiger partial charge < -0.3 is 19.7 Å². The number of fused-ring (bicyclic) bond motifs is 2. The molecule has 1 aliphatic rings. The third-order valence-electron chi connectivity index (χ3n) is 6.03. The van der Waals surface area contributed by atoms with Gasteiger partial charge in [0.15, 0.2) is 0 Å². The molecule has 0 fully saturated rings. The Balaban J connectivity index is 1.67. The lowest BCUT2D eigenvalue weighted by molar-refractivity contribution is -0.136. The molecule has 178 valence electrons. The average molecular weight is 455 g/mol. The summed E-state index contributed by atoms with van der Waals surface area (Å²) in [4.78, 5) is 22.7. The van der Waals surface area contributed by atoms with Gasteiger partial charge in [-0.3, -0.25) is 4.79 Å². The second-order valence-electron chi connectivity index (χ2n) is 8.66. The van der Waals surface area contributed by atoms with Gasteiger partial charge in [0.25, 0.3) is 0 Å². The van der Waals surface area contributed by atoms with Gasteiger partial charge in [0, 0.05) is 24.5 Å². The number of rotatable bonds is 14. The van der Waals surface area contributed by atoms with E-state index in [1.807, 2.05) is 12.1 Å². The Morgan fingerprint density at radius 2 is 1.70 bits per heavy atom.